The zero-order valence-corrected chi connectivity index (χ0v) is 10.9. The summed E-state index contributed by atoms with van der Waals surface area (Å²) in [4.78, 5) is 14.5. The molecule has 3 atom stereocenters. The molecule has 0 bridgehead atoms. The number of likely N-dealkylation sites (tertiary alicyclic amines) is 1. The van der Waals surface area contributed by atoms with E-state index in [0.29, 0.717) is 11.8 Å². The first-order chi connectivity index (χ1) is 8.34. The Balaban J connectivity index is 1.62. The van der Waals surface area contributed by atoms with Crippen molar-refractivity contribution in [1.82, 2.24) is 4.90 Å². The normalized spacial score (nSPS) is 40.0. The maximum Gasteiger partial charge on any atom is 0.149 e. The van der Waals surface area contributed by atoms with Crippen molar-refractivity contribution in [1.29, 1.82) is 0 Å². The van der Waals surface area contributed by atoms with E-state index in [4.69, 9.17) is 0 Å². The van der Waals surface area contributed by atoms with Crippen molar-refractivity contribution in [3.8, 4) is 0 Å². The highest BCUT2D eigenvalue weighted by Crippen LogP contribution is 2.37. The van der Waals surface area contributed by atoms with Crippen molar-refractivity contribution >= 4 is 5.78 Å². The Kier molecular flexibility index (Phi) is 3.51. The summed E-state index contributed by atoms with van der Waals surface area (Å²) >= 11 is 0. The number of nitrogens with zero attached hydrogens (tertiary/aromatic N) is 1. The molecule has 0 aromatic heterocycles. The Morgan fingerprint density at radius 1 is 0.882 bits per heavy atom. The highest BCUT2D eigenvalue weighted by molar-refractivity contribution is 5.84. The number of hydrogen-bond acceptors (Lipinski definition) is 2. The largest absolute Gasteiger partial charge is 0.298 e. The van der Waals surface area contributed by atoms with E-state index in [9.17, 15) is 4.79 Å². The van der Waals surface area contributed by atoms with Crippen molar-refractivity contribution < 1.29 is 4.79 Å². The molecule has 0 spiro atoms. The average molecular weight is 235 g/mol. The number of fused-ring (bicyclic) bond motifs is 1. The van der Waals surface area contributed by atoms with Gasteiger partial charge in [0.15, 0.2) is 0 Å². The summed E-state index contributed by atoms with van der Waals surface area (Å²) in [7, 11) is 0. The lowest BCUT2D eigenvalue weighted by Gasteiger charge is -2.44. The van der Waals surface area contributed by atoms with Gasteiger partial charge in [0.05, 0.1) is 6.04 Å². The summed E-state index contributed by atoms with van der Waals surface area (Å²) in [5, 5.41) is 0. The van der Waals surface area contributed by atoms with Gasteiger partial charge in [0, 0.05) is 13.0 Å². The predicted molar refractivity (Wildman–Crippen MR) is 68.9 cm³/mol. The minimum absolute atomic E-state index is 0.298. The van der Waals surface area contributed by atoms with Crippen LogP contribution in [0.5, 0.6) is 0 Å². The minimum atomic E-state index is 0.298. The summed E-state index contributed by atoms with van der Waals surface area (Å²) in [6.45, 7) is 2.42. The van der Waals surface area contributed by atoms with Gasteiger partial charge in [-0.1, -0.05) is 25.7 Å². The van der Waals surface area contributed by atoms with E-state index in [-0.39, 0.29) is 0 Å². The first-order valence-electron chi connectivity index (χ1n) is 7.61. The molecule has 0 aromatic carbocycles. The molecule has 3 fully saturated rings. The molecule has 96 valence electrons. The molecule has 0 amide bonds. The second-order valence-electron chi connectivity index (χ2n) is 6.32. The third-order valence-electron chi connectivity index (χ3n) is 5.29. The molecule has 3 aliphatic rings. The molecule has 1 heterocycles. The van der Waals surface area contributed by atoms with Crippen LogP contribution in [0.3, 0.4) is 0 Å². The second kappa shape index (κ2) is 5.09. The third-order valence-corrected chi connectivity index (χ3v) is 5.29. The number of carbonyl (C=O) groups is 1. The van der Waals surface area contributed by atoms with Crippen LogP contribution in [0.4, 0.5) is 0 Å². The maximum atomic E-state index is 12.0. The molecule has 17 heavy (non-hydrogen) atoms. The van der Waals surface area contributed by atoms with E-state index in [1.807, 2.05) is 0 Å². The van der Waals surface area contributed by atoms with Gasteiger partial charge in [0.1, 0.15) is 5.78 Å². The molecule has 3 unspecified atom stereocenters. The zero-order chi connectivity index (χ0) is 11.7. The molecule has 1 saturated heterocycles. The average Bonchev–Trinajstić information content (AvgIpc) is 2.39. The van der Waals surface area contributed by atoms with E-state index in [1.54, 1.807) is 0 Å². The van der Waals surface area contributed by atoms with E-state index < -0.39 is 0 Å². The summed E-state index contributed by atoms with van der Waals surface area (Å²) in [5.41, 5.74) is 0. The van der Waals surface area contributed by atoms with Crippen LogP contribution in [0.1, 0.15) is 57.8 Å². The molecule has 1 aliphatic heterocycles. The van der Waals surface area contributed by atoms with Gasteiger partial charge < -0.3 is 0 Å². The van der Waals surface area contributed by atoms with Crippen LogP contribution in [0, 0.1) is 11.8 Å². The van der Waals surface area contributed by atoms with E-state index >= 15 is 0 Å². The quantitative estimate of drug-likeness (QED) is 0.696. The maximum absolute atomic E-state index is 12.0. The van der Waals surface area contributed by atoms with Crippen LogP contribution >= 0.6 is 0 Å². The fourth-order valence-electron chi connectivity index (χ4n) is 4.26. The Morgan fingerprint density at radius 2 is 1.65 bits per heavy atom. The number of ketones is 1. The van der Waals surface area contributed by atoms with Gasteiger partial charge in [0.2, 0.25) is 0 Å². The van der Waals surface area contributed by atoms with Gasteiger partial charge in [-0.15, -0.1) is 0 Å². The Bertz CT molecular complexity index is 289. The van der Waals surface area contributed by atoms with Gasteiger partial charge in [-0.3, -0.25) is 9.69 Å². The third kappa shape index (κ3) is 2.42. The summed E-state index contributed by atoms with van der Waals surface area (Å²) in [6.07, 6.45) is 11.5. The number of Topliss-reactive ketones (excluding diaryl/α,β-unsaturated/α-hetero) is 1. The van der Waals surface area contributed by atoms with E-state index in [1.165, 1.54) is 51.6 Å². The van der Waals surface area contributed by atoms with Gasteiger partial charge in [-0.05, 0) is 44.1 Å². The van der Waals surface area contributed by atoms with Crippen LogP contribution in [-0.2, 0) is 4.79 Å². The lowest BCUT2D eigenvalue weighted by Crippen LogP contribution is -2.50. The standard InChI is InChI=1S/C15H25NO/c17-15-8-4-3-7-14(15)16-10-9-12-5-1-2-6-13(12)11-16/h12-14H,1-11H2. The summed E-state index contributed by atoms with van der Waals surface area (Å²) in [6, 6.07) is 0.298. The van der Waals surface area contributed by atoms with Gasteiger partial charge >= 0.3 is 0 Å². The van der Waals surface area contributed by atoms with Crippen LogP contribution in [0.15, 0.2) is 0 Å². The van der Waals surface area contributed by atoms with E-state index in [0.717, 1.165) is 31.1 Å². The monoisotopic (exact) mass is 235 g/mol. The van der Waals surface area contributed by atoms with Gasteiger partial charge in [-0.2, -0.15) is 0 Å². The fourth-order valence-corrected chi connectivity index (χ4v) is 4.26. The zero-order valence-electron chi connectivity index (χ0n) is 10.9. The number of carbonyl (C=O) groups excluding carboxylic acids is 1. The lowest BCUT2D eigenvalue weighted by atomic mass is 9.74. The Labute approximate surface area is 105 Å². The summed E-state index contributed by atoms with van der Waals surface area (Å²) in [5.74, 6) is 2.43. The molecule has 0 N–H and O–H groups in total. The lowest BCUT2D eigenvalue weighted by molar-refractivity contribution is -0.127. The molecular weight excluding hydrogens is 210 g/mol. The molecule has 2 aliphatic carbocycles. The van der Waals surface area contributed by atoms with Gasteiger partial charge in [-0.25, -0.2) is 0 Å². The SMILES string of the molecule is O=C1CCCCC1N1CCC2CCCCC2C1. The molecule has 3 rings (SSSR count). The molecule has 2 heteroatoms. The van der Waals surface area contributed by atoms with Gasteiger partial charge in [0.25, 0.3) is 0 Å². The number of rotatable bonds is 1. The molecule has 0 radical (unpaired) electrons. The molecule has 2 nitrogen and oxygen atoms in total. The first kappa shape index (κ1) is 11.7. The van der Waals surface area contributed by atoms with Crippen molar-refractivity contribution in [2.24, 2.45) is 11.8 Å². The van der Waals surface area contributed by atoms with Crippen molar-refractivity contribution in [2.45, 2.75) is 63.8 Å². The highest BCUT2D eigenvalue weighted by Gasteiger charge is 2.36. The number of piperidine rings is 1. The predicted octanol–water partition coefficient (Wildman–Crippen LogP) is 3.01. The number of hydrogen-bond donors (Lipinski definition) is 0. The van der Waals surface area contributed by atoms with Crippen molar-refractivity contribution in [2.75, 3.05) is 13.1 Å². The molecule has 0 aromatic rings. The summed E-state index contributed by atoms with van der Waals surface area (Å²) < 4.78 is 0. The van der Waals surface area contributed by atoms with Crippen LogP contribution in [-0.4, -0.2) is 29.8 Å². The van der Waals surface area contributed by atoms with Crippen LogP contribution in [0.25, 0.3) is 0 Å². The van der Waals surface area contributed by atoms with E-state index in [2.05, 4.69) is 4.90 Å². The second-order valence-corrected chi connectivity index (χ2v) is 6.32. The Hall–Kier alpha value is -0.370. The Morgan fingerprint density at radius 3 is 2.47 bits per heavy atom. The smallest absolute Gasteiger partial charge is 0.149 e. The topological polar surface area (TPSA) is 20.3 Å². The van der Waals surface area contributed by atoms with Crippen molar-refractivity contribution in [3.63, 3.8) is 0 Å². The first-order valence-corrected chi connectivity index (χ1v) is 7.61. The minimum Gasteiger partial charge on any atom is -0.298 e. The van der Waals surface area contributed by atoms with Crippen LogP contribution < -0.4 is 0 Å². The fraction of sp³-hybridized carbons (Fsp3) is 0.933. The molecule has 2 saturated carbocycles. The van der Waals surface area contributed by atoms with Crippen molar-refractivity contribution in [3.05, 3.63) is 0 Å². The van der Waals surface area contributed by atoms with Crippen LogP contribution in [0.2, 0.25) is 0 Å². The highest BCUT2D eigenvalue weighted by atomic mass is 16.1. The molecular formula is C15H25NO.